The Morgan fingerprint density at radius 2 is 2.06 bits per heavy atom. The number of methoxy groups -OCH3 is 1. The molecule has 18 heavy (non-hydrogen) atoms. The van der Waals surface area contributed by atoms with Crippen molar-refractivity contribution in [2.45, 2.75) is 58.6 Å². The molecule has 0 saturated heterocycles. The van der Waals surface area contributed by atoms with Crippen LogP contribution in [0.3, 0.4) is 0 Å². The van der Waals surface area contributed by atoms with Crippen LogP contribution in [-0.2, 0) is 4.74 Å². The van der Waals surface area contributed by atoms with E-state index in [2.05, 4.69) is 25.7 Å². The molecule has 0 heterocycles. The third-order valence-electron chi connectivity index (χ3n) is 4.41. The first-order valence-corrected chi connectivity index (χ1v) is 7.49. The maximum Gasteiger partial charge on any atom is 0.0589 e. The Balaban J connectivity index is 2.49. The molecule has 0 aliphatic heterocycles. The van der Waals surface area contributed by atoms with E-state index in [0.29, 0.717) is 12.0 Å². The normalized spacial score (nSPS) is 29.2. The van der Waals surface area contributed by atoms with Gasteiger partial charge in [0.05, 0.1) is 12.7 Å². The zero-order chi connectivity index (χ0) is 13.5. The summed E-state index contributed by atoms with van der Waals surface area (Å²) in [6.45, 7) is 9.47. The molecule has 1 rings (SSSR count). The van der Waals surface area contributed by atoms with Crippen molar-refractivity contribution >= 4 is 0 Å². The Morgan fingerprint density at radius 3 is 2.61 bits per heavy atom. The highest BCUT2D eigenvalue weighted by molar-refractivity contribution is 4.82. The van der Waals surface area contributed by atoms with Crippen LogP contribution in [0.4, 0.5) is 0 Å². The lowest BCUT2D eigenvalue weighted by molar-refractivity contribution is 0.0155. The van der Waals surface area contributed by atoms with Gasteiger partial charge in [0.2, 0.25) is 0 Å². The number of hydrogen-bond acceptors (Lipinski definition) is 3. The minimum Gasteiger partial charge on any atom is -0.393 e. The summed E-state index contributed by atoms with van der Waals surface area (Å²) in [5, 5.41) is 10.2. The highest BCUT2D eigenvalue weighted by Crippen LogP contribution is 2.32. The zero-order valence-corrected chi connectivity index (χ0v) is 12.6. The summed E-state index contributed by atoms with van der Waals surface area (Å²) in [6.07, 6.45) is 4.53. The molecule has 3 atom stereocenters. The molecule has 0 spiro atoms. The second kappa shape index (κ2) is 8.13. The van der Waals surface area contributed by atoms with Gasteiger partial charge in [0.25, 0.3) is 0 Å². The molecule has 3 nitrogen and oxygen atoms in total. The number of rotatable bonds is 7. The standard InChI is InChI=1S/C15H31NO2/c1-5-13-6-7-15(17)14(10-13)11-16(12(2)3)8-9-18-4/h12-15,17H,5-11H2,1-4H3. The topological polar surface area (TPSA) is 32.7 Å². The molecular formula is C15H31NO2. The van der Waals surface area contributed by atoms with Crippen molar-refractivity contribution in [1.82, 2.24) is 4.90 Å². The largest absolute Gasteiger partial charge is 0.393 e. The lowest BCUT2D eigenvalue weighted by atomic mass is 9.78. The van der Waals surface area contributed by atoms with E-state index < -0.39 is 0 Å². The maximum atomic E-state index is 10.2. The van der Waals surface area contributed by atoms with Gasteiger partial charge in [0.15, 0.2) is 0 Å². The zero-order valence-electron chi connectivity index (χ0n) is 12.6. The fourth-order valence-corrected chi connectivity index (χ4v) is 2.98. The second-order valence-electron chi connectivity index (χ2n) is 6.00. The van der Waals surface area contributed by atoms with Gasteiger partial charge in [0, 0.05) is 26.2 Å². The van der Waals surface area contributed by atoms with Crippen molar-refractivity contribution in [2.75, 3.05) is 26.8 Å². The molecule has 1 fully saturated rings. The summed E-state index contributed by atoms with van der Waals surface area (Å²) in [6, 6.07) is 0.523. The first kappa shape index (κ1) is 15.9. The van der Waals surface area contributed by atoms with Gasteiger partial charge >= 0.3 is 0 Å². The summed E-state index contributed by atoms with van der Waals surface area (Å²) in [5.41, 5.74) is 0. The fraction of sp³-hybridized carbons (Fsp3) is 1.00. The highest BCUT2D eigenvalue weighted by Gasteiger charge is 2.30. The van der Waals surface area contributed by atoms with Crippen molar-refractivity contribution in [3.05, 3.63) is 0 Å². The number of aliphatic hydroxyl groups is 1. The Morgan fingerprint density at radius 1 is 1.33 bits per heavy atom. The van der Waals surface area contributed by atoms with E-state index in [1.54, 1.807) is 7.11 Å². The molecule has 1 saturated carbocycles. The number of nitrogens with zero attached hydrogens (tertiary/aromatic N) is 1. The van der Waals surface area contributed by atoms with E-state index in [1.165, 1.54) is 19.3 Å². The molecule has 3 unspecified atom stereocenters. The Kier molecular flexibility index (Phi) is 7.20. The monoisotopic (exact) mass is 257 g/mol. The van der Waals surface area contributed by atoms with Gasteiger partial charge in [-0.2, -0.15) is 0 Å². The first-order chi connectivity index (χ1) is 8.58. The molecule has 0 amide bonds. The van der Waals surface area contributed by atoms with Gasteiger partial charge in [-0.1, -0.05) is 13.3 Å². The van der Waals surface area contributed by atoms with Gasteiger partial charge in [-0.05, 0) is 44.9 Å². The van der Waals surface area contributed by atoms with Crippen LogP contribution in [0.1, 0.15) is 46.5 Å². The van der Waals surface area contributed by atoms with E-state index in [0.717, 1.165) is 32.0 Å². The molecule has 3 heteroatoms. The maximum absolute atomic E-state index is 10.2. The van der Waals surface area contributed by atoms with E-state index >= 15 is 0 Å². The molecule has 1 N–H and O–H groups in total. The first-order valence-electron chi connectivity index (χ1n) is 7.49. The molecule has 0 bridgehead atoms. The third kappa shape index (κ3) is 4.87. The van der Waals surface area contributed by atoms with Crippen LogP contribution in [0.25, 0.3) is 0 Å². The van der Waals surface area contributed by atoms with Crippen molar-refractivity contribution < 1.29 is 9.84 Å². The summed E-state index contributed by atoms with van der Waals surface area (Å²) in [5.74, 6) is 1.26. The van der Waals surface area contributed by atoms with Crippen LogP contribution in [0.2, 0.25) is 0 Å². The molecular weight excluding hydrogens is 226 g/mol. The van der Waals surface area contributed by atoms with Gasteiger partial charge in [-0.25, -0.2) is 0 Å². The van der Waals surface area contributed by atoms with Crippen LogP contribution in [0.5, 0.6) is 0 Å². The number of aliphatic hydroxyl groups excluding tert-OH is 1. The minimum absolute atomic E-state index is 0.100. The Labute approximate surface area is 113 Å². The molecule has 0 aromatic heterocycles. The summed E-state index contributed by atoms with van der Waals surface area (Å²) in [7, 11) is 1.75. The predicted octanol–water partition coefficient (Wildman–Crippen LogP) is 2.53. The highest BCUT2D eigenvalue weighted by atomic mass is 16.5. The van der Waals surface area contributed by atoms with Gasteiger partial charge in [0.1, 0.15) is 0 Å². The molecule has 0 aromatic rings. The van der Waals surface area contributed by atoms with Crippen LogP contribution in [0.15, 0.2) is 0 Å². The number of hydrogen-bond donors (Lipinski definition) is 1. The fourth-order valence-electron chi connectivity index (χ4n) is 2.98. The molecule has 0 aromatic carbocycles. The lowest BCUT2D eigenvalue weighted by Crippen LogP contribution is -2.43. The van der Waals surface area contributed by atoms with Crippen LogP contribution < -0.4 is 0 Å². The SMILES string of the molecule is CCC1CCC(O)C(CN(CCOC)C(C)C)C1. The van der Waals surface area contributed by atoms with E-state index in [9.17, 15) is 5.11 Å². The predicted molar refractivity (Wildman–Crippen MR) is 75.7 cm³/mol. The van der Waals surface area contributed by atoms with E-state index in [4.69, 9.17) is 4.74 Å². The average molecular weight is 257 g/mol. The smallest absolute Gasteiger partial charge is 0.0589 e. The van der Waals surface area contributed by atoms with Crippen molar-refractivity contribution in [1.29, 1.82) is 0 Å². The Bertz CT molecular complexity index is 221. The van der Waals surface area contributed by atoms with E-state index in [-0.39, 0.29) is 6.10 Å². The van der Waals surface area contributed by atoms with E-state index in [1.807, 2.05) is 0 Å². The number of ether oxygens (including phenoxy) is 1. The van der Waals surface area contributed by atoms with Crippen LogP contribution in [-0.4, -0.2) is 49.0 Å². The molecule has 108 valence electrons. The molecule has 1 aliphatic carbocycles. The van der Waals surface area contributed by atoms with Gasteiger partial charge in [-0.15, -0.1) is 0 Å². The van der Waals surface area contributed by atoms with Crippen molar-refractivity contribution in [2.24, 2.45) is 11.8 Å². The van der Waals surface area contributed by atoms with Gasteiger partial charge < -0.3 is 9.84 Å². The summed E-state index contributed by atoms with van der Waals surface area (Å²) in [4.78, 5) is 2.44. The average Bonchev–Trinajstić information content (AvgIpc) is 2.36. The minimum atomic E-state index is -0.100. The lowest BCUT2D eigenvalue weighted by Gasteiger charge is -2.37. The quantitative estimate of drug-likeness (QED) is 0.761. The van der Waals surface area contributed by atoms with Crippen molar-refractivity contribution in [3.63, 3.8) is 0 Å². The second-order valence-corrected chi connectivity index (χ2v) is 6.00. The van der Waals surface area contributed by atoms with Crippen LogP contribution >= 0.6 is 0 Å². The third-order valence-corrected chi connectivity index (χ3v) is 4.41. The van der Waals surface area contributed by atoms with Gasteiger partial charge in [-0.3, -0.25) is 4.90 Å². The van der Waals surface area contributed by atoms with Crippen molar-refractivity contribution in [3.8, 4) is 0 Å². The summed E-state index contributed by atoms with van der Waals surface area (Å²) >= 11 is 0. The molecule has 1 aliphatic rings. The summed E-state index contributed by atoms with van der Waals surface area (Å²) < 4.78 is 5.18. The Hall–Kier alpha value is -0.120. The van der Waals surface area contributed by atoms with Crippen LogP contribution in [0, 0.1) is 11.8 Å². The molecule has 0 radical (unpaired) electrons.